The second-order valence-electron chi connectivity index (χ2n) is 5.24. The summed E-state index contributed by atoms with van der Waals surface area (Å²) in [6, 6.07) is 5.73. The van der Waals surface area contributed by atoms with E-state index in [9.17, 15) is 4.79 Å². The van der Waals surface area contributed by atoms with Crippen LogP contribution in [0.2, 0.25) is 5.28 Å². The lowest BCUT2D eigenvalue weighted by atomic mass is 10.1. The van der Waals surface area contributed by atoms with Gasteiger partial charge in [-0.1, -0.05) is 0 Å². The van der Waals surface area contributed by atoms with Gasteiger partial charge in [0.05, 0.1) is 11.0 Å². The summed E-state index contributed by atoms with van der Waals surface area (Å²) in [6.45, 7) is 2.06. The van der Waals surface area contributed by atoms with Gasteiger partial charge in [0.2, 0.25) is 5.28 Å². The molecule has 1 atom stereocenters. The van der Waals surface area contributed by atoms with Crippen molar-refractivity contribution < 1.29 is 4.79 Å². The van der Waals surface area contributed by atoms with Crippen molar-refractivity contribution in [2.75, 3.05) is 0 Å². The topological polar surface area (TPSA) is 46.9 Å². The van der Waals surface area contributed by atoms with Crippen LogP contribution < -0.4 is 5.32 Å². The van der Waals surface area contributed by atoms with Crippen molar-refractivity contribution in [2.45, 2.75) is 25.8 Å². The van der Waals surface area contributed by atoms with E-state index in [0.717, 1.165) is 11.0 Å². The van der Waals surface area contributed by atoms with Crippen LogP contribution >= 0.6 is 11.6 Å². The Morgan fingerprint density at radius 1 is 1.53 bits per heavy atom. The van der Waals surface area contributed by atoms with E-state index < -0.39 is 0 Å². The Morgan fingerprint density at radius 3 is 2.95 bits per heavy atom. The molecular weight excluding hydrogens is 262 g/mol. The third kappa shape index (κ3) is 2.32. The molecule has 0 aliphatic heterocycles. The normalized spacial score (nSPS) is 16.6. The van der Waals surface area contributed by atoms with Crippen LogP contribution in [-0.4, -0.2) is 21.5 Å². The number of hydrogen-bond donors (Lipinski definition) is 1. The summed E-state index contributed by atoms with van der Waals surface area (Å²) in [5.74, 6) is 0.611. The van der Waals surface area contributed by atoms with E-state index in [-0.39, 0.29) is 11.9 Å². The van der Waals surface area contributed by atoms with Gasteiger partial charge >= 0.3 is 0 Å². The van der Waals surface area contributed by atoms with Crippen LogP contribution in [0.5, 0.6) is 0 Å². The van der Waals surface area contributed by atoms with Gasteiger partial charge in [-0.15, -0.1) is 0 Å². The van der Waals surface area contributed by atoms with Gasteiger partial charge in [-0.25, -0.2) is 4.98 Å². The molecule has 1 fully saturated rings. The Morgan fingerprint density at radius 2 is 2.26 bits per heavy atom. The number of nitrogens with zero attached hydrogens (tertiary/aromatic N) is 2. The molecular formula is C14H16ClN3O. The van der Waals surface area contributed by atoms with Crippen molar-refractivity contribution in [3.8, 4) is 0 Å². The lowest BCUT2D eigenvalue weighted by Gasteiger charge is -2.12. The predicted octanol–water partition coefficient (Wildman–Crippen LogP) is 2.76. The number of rotatable bonds is 3. The van der Waals surface area contributed by atoms with Crippen LogP contribution in [0.1, 0.15) is 30.1 Å². The molecule has 3 rings (SSSR count). The van der Waals surface area contributed by atoms with Crippen LogP contribution in [0.4, 0.5) is 0 Å². The van der Waals surface area contributed by atoms with E-state index in [2.05, 4.69) is 17.2 Å². The number of hydrogen-bond acceptors (Lipinski definition) is 2. The molecule has 1 aliphatic carbocycles. The zero-order chi connectivity index (χ0) is 13.6. The fraction of sp³-hybridized carbons (Fsp3) is 0.429. The predicted molar refractivity (Wildman–Crippen MR) is 75.4 cm³/mol. The molecule has 5 heteroatoms. The van der Waals surface area contributed by atoms with Crippen molar-refractivity contribution in [1.29, 1.82) is 0 Å². The highest BCUT2D eigenvalue weighted by Gasteiger charge is 2.29. The Bertz CT molecular complexity index is 645. The average Bonchev–Trinajstić information content (AvgIpc) is 3.18. The summed E-state index contributed by atoms with van der Waals surface area (Å²) in [7, 11) is 1.85. The van der Waals surface area contributed by atoms with Crippen molar-refractivity contribution in [2.24, 2.45) is 13.0 Å². The van der Waals surface area contributed by atoms with Crippen LogP contribution in [0.25, 0.3) is 11.0 Å². The maximum atomic E-state index is 12.1. The highest BCUT2D eigenvalue weighted by Crippen LogP contribution is 2.32. The molecule has 1 amide bonds. The van der Waals surface area contributed by atoms with E-state index in [1.54, 1.807) is 10.6 Å². The molecule has 2 aromatic rings. The molecule has 1 saturated carbocycles. The van der Waals surface area contributed by atoms with Crippen molar-refractivity contribution >= 4 is 28.5 Å². The number of benzene rings is 1. The SMILES string of the molecule is C[C@H](NC(=O)c1ccc2c(c1)nc(Cl)n2C)C1CC1. The molecule has 1 N–H and O–H groups in total. The second-order valence-corrected chi connectivity index (χ2v) is 5.58. The molecule has 0 radical (unpaired) electrons. The monoisotopic (exact) mass is 277 g/mol. The smallest absolute Gasteiger partial charge is 0.251 e. The minimum atomic E-state index is -0.0388. The molecule has 0 unspecified atom stereocenters. The van der Waals surface area contributed by atoms with Gasteiger partial charge in [0.25, 0.3) is 5.91 Å². The van der Waals surface area contributed by atoms with Gasteiger partial charge in [0.1, 0.15) is 0 Å². The maximum absolute atomic E-state index is 12.1. The summed E-state index contributed by atoms with van der Waals surface area (Å²) >= 11 is 5.97. The Labute approximate surface area is 116 Å². The molecule has 4 nitrogen and oxygen atoms in total. The third-order valence-corrected chi connectivity index (χ3v) is 4.11. The number of aromatic nitrogens is 2. The number of nitrogens with one attached hydrogen (secondary N) is 1. The molecule has 1 aromatic carbocycles. The van der Waals surface area contributed by atoms with Gasteiger partial charge in [-0.3, -0.25) is 4.79 Å². The van der Waals surface area contributed by atoms with Crippen molar-refractivity contribution in [1.82, 2.24) is 14.9 Å². The lowest BCUT2D eigenvalue weighted by Crippen LogP contribution is -2.33. The van der Waals surface area contributed by atoms with Crippen molar-refractivity contribution in [3.63, 3.8) is 0 Å². The lowest BCUT2D eigenvalue weighted by molar-refractivity contribution is 0.0936. The quantitative estimate of drug-likeness (QED) is 0.938. The van der Waals surface area contributed by atoms with Crippen LogP contribution in [0, 0.1) is 5.92 Å². The minimum Gasteiger partial charge on any atom is -0.349 e. The fourth-order valence-corrected chi connectivity index (χ4v) is 2.50. The van der Waals surface area contributed by atoms with Gasteiger partial charge in [0.15, 0.2) is 0 Å². The summed E-state index contributed by atoms with van der Waals surface area (Å²) in [5, 5.41) is 3.47. The Hall–Kier alpha value is -1.55. The van der Waals surface area contributed by atoms with E-state index in [1.165, 1.54) is 12.8 Å². The summed E-state index contributed by atoms with van der Waals surface area (Å²) in [6.07, 6.45) is 2.44. The van der Waals surface area contributed by atoms with Gasteiger partial charge in [0, 0.05) is 18.7 Å². The number of aryl methyl sites for hydroxylation is 1. The number of halogens is 1. The standard InChI is InChI=1S/C14H16ClN3O/c1-8(9-3-4-9)16-13(19)10-5-6-12-11(7-10)17-14(15)18(12)2/h5-9H,3-4H2,1-2H3,(H,16,19)/t8-/m0/s1. The van der Waals surface area contributed by atoms with Crippen LogP contribution in [0.3, 0.4) is 0 Å². The summed E-state index contributed by atoms with van der Waals surface area (Å²) < 4.78 is 1.80. The second kappa shape index (κ2) is 4.53. The zero-order valence-corrected chi connectivity index (χ0v) is 11.7. The van der Waals surface area contributed by atoms with E-state index in [1.807, 2.05) is 19.2 Å². The first-order valence-electron chi connectivity index (χ1n) is 6.49. The first-order valence-corrected chi connectivity index (χ1v) is 6.87. The molecule has 0 bridgehead atoms. The summed E-state index contributed by atoms with van der Waals surface area (Å²) in [5.41, 5.74) is 2.31. The Balaban J connectivity index is 1.85. The highest BCUT2D eigenvalue weighted by atomic mass is 35.5. The number of carbonyl (C=O) groups is 1. The van der Waals surface area contributed by atoms with Crippen molar-refractivity contribution in [3.05, 3.63) is 29.0 Å². The molecule has 0 saturated heterocycles. The molecule has 0 spiro atoms. The minimum absolute atomic E-state index is 0.0388. The molecule has 100 valence electrons. The zero-order valence-electron chi connectivity index (χ0n) is 11.0. The fourth-order valence-electron chi connectivity index (χ4n) is 2.32. The average molecular weight is 278 g/mol. The van der Waals surface area contributed by atoms with Gasteiger partial charge < -0.3 is 9.88 Å². The van der Waals surface area contributed by atoms with E-state index in [4.69, 9.17) is 11.6 Å². The molecule has 1 aromatic heterocycles. The highest BCUT2D eigenvalue weighted by molar-refractivity contribution is 6.29. The number of carbonyl (C=O) groups excluding carboxylic acids is 1. The number of fused-ring (bicyclic) bond motifs is 1. The first kappa shape index (κ1) is 12.5. The maximum Gasteiger partial charge on any atom is 0.251 e. The van der Waals surface area contributed by atoms with Crippen LogP contribution in [-0.2, 0) is 7.05 Å². The van der Waals surface area contributed by atoms with Gasteiger partial charge in [-0.05, 0) is 55.5 Å². The van der Waals surface area contributed by atoms with Crippen LogP contribution in [0.15, 0.2) is 18.2 Å². The van der Waals surface area contributed by atoms with Gasteiger partial charge in [-0.2, -0.15) is 0 Å². The molecule has 19 heavy (non-hydrogen) atoms. The third-order valence-electron chi connectivity index (χ3n) is 3.78. The largest absolute Gasteiger partial charge is 0.349 e. The summed E-state index contributed by atoms with van der Waals surface area (Å²) in [4.78, 5) is 16.4. The number of amides is 1. The number of imidazole rings is 1. The Kier molecular flexibility index (Phi) is 2.97. The molecule has 1 aliphatic rings. The first-order chi connectivity index (χ1) is 9.06. The van der Waals surface area contributed by atoms with E-state index in [0.29, 0.717) is 16.8 Å². The van der Waals surface area contributed by atoms with E-state index >= 15 is 0 Å². The molecule has 1 heterocycles.